The Morgan fingerprint density at radius 3 is 2.52 bits per heavy atom. The topological polar surface area (TPSA) is 102 Å². The van der Waals surface area contributed by atoms with Gasteiger partial charge < -0.3 is 0 Å². The second-order valence-corrected chi connectivity index (χ2v) is 8.28. The summed E-state index contributed by atoms with van der Waals surface area (Å²) in [5, 5.41) is 11.3. The van der Waals surface area contributed by atoms with Crippen molar-refractivity contribution in [2.24, 2.45) is 0 Å². The summed E-state index contributed by atoms with van der Waals surface area (Å²) in [7, 11) is -4.00. The van der Waals surface area contributed by atoms with E-state index in [1.54, 1.807) is 43.6 Å². The average Bonchev–Trinajstić information content (AvgIpc) is 2.64. The van der Waals surface area contributed by atoms with Crippen molar-refractivity contribution in [3.63, 3.8) is 0 Å². The van der Waals surface area contributed by atoms with E-state index in [4.69, 9.17) is 0 Å². The van der Waals surface area contributed by atoms with Crippen LogP contribution in [0.25, 0.3) is 11.1 Å². The maximum atomic E-state index is 12.7. The summed E-state index contributed by atoms with van der Waals surface area (Å²) >= 11 is 3.32. The largest absolute Gasteiger partial charge is 0.293 e. The van der Waals surface area contributed by atoms with Crippen molar-refractivity contribution in [1.82, 2.24) is 4.98 Å². The van der Waals surface area contributed by atoms with E-state index in [2.05, 4.69) is 25.6 Å². The number of nitro benzene ring substituents is 1. The number of nitro groups is 1. The van der Waals surface area contributed by atoms with Crippen molar-refractivity contribution >= 4 is 37.3 Å². The third-order valence-corrected chi connectivity index (χ3v) is 6.13. The molecule has 1 heterocycles. The highest BCUT2D eigenvalue weighted by atomic mass is 79.9. The van der Waals surface area contributed by atoms with Crippen molar-refractivity contribution in [2.75, 3.05) is 4.72 Å². The lowest BCUT2D eigenvalue weighted by molar-refractivity contribution is -0.383. The van der Waals surface area contributed by atoms with E-state index in [-0.39, 0.29) is 16.3 Å². The second-order valence-electron chi connectivity index (χ2n) is 5.75. The minimum absolute atomic E-state index is 0.0179. The quantitative estimate of drug-likeness (QED) is 0.457. The van der Waals surface area contributed by atoms with Crippen molar-refractivity contribution in [3.8, 4) is 11.1 Å². The Bertz CT molecular complexity index is 1120. The van der Waals surface area contributed by atoms with Crippen LogP contribution in [-0.4, -0.2) is 18.3 Å². The normalized spacial score (nSPS) is 11.2. The molecule has 7 nitrogen and oxygen atoms in total. The first-order valence-electron chi connectivity index (χ1n) is 7.76. The molecule has 0 saturated heterocycles. The Hall–Kier alpha value is -2.78. The minimum atomic E-state index is -4.00. The molecule has 0 radical (unpaired) electrons. The zero-order valence-corrected chi connectivity index (χ0v) is 16.5. The molecule has 0 unspecified atom stereocenters. The lowest BCUT2D eigenvalue weighted by Crippen LogP contribution is -2.14. The Labute approximate surface area is 164 Å². The lowest BCUT2D eigenvalue weighted by atomic mass is 10.1. The zero-order valence-electron chi connectivity index (χ0n) is 14.1. The van der Waals surface area contributed by atoms with Crippen molar-refractivity contribution < 1.29 is 13.3 Å². The smallest absolute Gasteiger partial charge is 0.273 e. The number of aromatic nitrogens is 1. The molecule has 0 aliphatic heterocycles. The van der Waals surface area contributed by atoms with Gasteiger partial charge in [0.2, 0.25) is 0 Å². The molecule has 1 N–H and O–H groups in total. The monoisotopic (exact) mass is 447 g/mol. The van der Waals surface area contributed by atoms with Gasteiger partial charge in [-0.1, -0.05) is 22.0 Å². The van der Waals surface area contributed by atoms with Gasteiger partial charge in [-0.25, -0.2) is 8.42 Å². The number of aryl methyl sites for hydroxylation is 1. The van der Waals surface area contributed by atoms with E-state index in [9.17, 15) is 18.5 Å². The van der Waals surface area contributed by atoms with Crippen LogP contribution in [0.1, 0.15) is 5.56 Å². The molecule has 138 valence electrons. The van der Waals surface area contributed by atoms with E-state index >= 15 is 0 Å². The van der Waals surface area contributed by atoms with Crippen LogP contribution in [0.2, 0.25) is 0 Å². The van der Waals surface area contributed by atoms with Gasteiger partial charge in [0, 0.05) is 28.5 Å². The van der Waals surface area contributed by atoms with Gasteiger partial charge in [0.25, 0.3) is 15.7 Å². The Kier molecular flexibility index (Phi) is 5.24. The van der Waals surface area contributed by atoms with Gasteiger partial charge in [-0.2, -0.15) is 0 Å². The first-order chi connectivity index (χ1) is 12.8. The third-order valence-electron chi connectivity index (χ3n) is 3.87. The summed E-state index contributed by atoms with van der Waals surface area (Å²) in [4.78, 5) is 14.7. The fraction of sp³-hybridized carbons (Fsp3) is 0.0556. The molecular formula is C18H14BrN3O4S. The molecule has 0 spiro atoms. The van der Waals surface area contributed by atoms with Crippen LogP contribution < -0.4 is 4.72 Å². The summed E-state index contributed by atoms with van der Waals surface area (Å²) in [6.07, 6.45) is 3.20. The molecule has 0 amide bonds. The zero-order chi connectivity index (χ0) is 19.6. The van der Waals surface area contributed by atoms with Crippen LogP contribution >= 0.6 is 15.9 Å². The Morgan fingerprint density at radius 1 is 1.11 bits per heavy atom. The van der Waals surface area contributed by atoms with Crippen LogP contribution in [0, 0.1) is 17.0 Å². The van der Waals surface area contributed by atoms with E-state index < -0.39 is 14.9 Å². The molecule has 3 rings (SSSR count). The molecule has 0 aliphatic rings. The molecule has 0 aliphatic carbocycles. The molecule has 0 bridgehead atoms. The highest BCUT2D eigenvalue weighted by Gasteiger charge is 2.22. The average molecular weight is 448 g/mol. The Morgan fingerprint density at radius 2 is 1.89 bits per heavy atom. The fourth-order valence-electron chi connectivity index (χ4n) is 2.48. The summed E-state index contributed by atoms with van der Waals surface area (Å²) in [5.74, 6) is 0. The van der Waals surface area contributed by atoms with Crippen molar-refractivity contribution in [3.05, 3.63) is 81.1 Å². The number of nitrogens with zero attached hydrogens (tertiary/aromatic N) is 2. The number of anilines is 1. The molecule has 0 atom stereocenters. The predicted molar refractivity (Wildman–Crippen MR) is 106 cm³/mol. The van der Waals surface area contributed by atoms with Gasteiger partial charge in [-0.05, 0) is 54.4 Å². The molecule has 27 heavy (non-hydrogen) atoms. The standard InChI is InChI=1S/C18H14BrN3O4S/c1-12-9-15(5-6-16(12)19)27(25,26)21-17-10-13(4-7-18(17)22(23)24)14-3-2-8-20-11-14/h2-11,21H,1H3. The van der Waals surface area contributed by atoms with Crippen molar-refractivity contribution in [1.29, 1.82) is 0 Å². The lowest BCUT2D eigenvalue weighted by Gasteiger charge is -2.11. The highest BCUT2D eigenvalue weighted by molar-refractivity contribution is 9.10. The van der Waals surface area contributed by atoms with E-state index in [1.165, 1.54) is 24.3 Å². The van der Waals surface area contributed by atoms with Gasteiger partial charge in [0.15, 0.2) is 0 Å². The molecule has 3 aromatic rings. The number of hydrogen-bond acceptors (Lipinski definition) is 5. The highest BCUT2D eigenvalue weighted by Crippen LogP contribution is 2.32. The van der Waals surface area contributed by atoms with Crippen LogP contribution in [0.5, 0.6) is 0 Å². The molecule has 2 aromatic carbocycles. The first kappa shape index (κ1) is 19.0. The van der Waals surface area contributed by atoms with Gasteiger partial charge in [-0.3, -0.25) is 19.8 Å². The number of benzene rings is 2. The minimum Gasteiger partial charge on any atom is -0.273 e. The fourth-order valence-corrected chi connectivity index (χ4v) is 3.87. The van der Waals surface area contributed by atoms with Crippen LogP contribution in [0.3, 0.4) is 0 Å². The molecular weight excluding hydrogens is 434 g/mol. The number of nitrogens with one attached hydrogen (secondary N) is 1. The Balaban J connectivity index is 2.06. The number of halogens is 1. The number of pyridine rings is 1. The van der Waals surface area contributed by atoms with Gasteiger partial charge in [-0.15, -0.1) is 0 Å². The molecule has 1 aromatic heterocycles. The number of rotatable bonds is 5. The summed E-state index contributed by atoms with van der Waals surface area (Å²) in [5.41, 5.74) is 1.61. The van der Waals surface area contributed by atoms with Crippen LogP contribution in [0.4, 0.5) is 11.4 Å². The van der Waals surface area contributed by atoms with Crippen molar-refractivity contribution in [2.45, 2.75) is 11.8 Å². The summed E-state index contributed by atoms with van der Waals surface area (Å²) in [6.45, 7) is 1.76. The maximum absolute atomic E-state index is 12.7. The summed E-state index contributed by atoms with van der Waals surface area (Å²) < 4.78 is 28.6. The molecule has 0 fully saturated rings. The second kappa shape index (κ2) is 7.45. The maximum Gasteiger partial charge on any atom is 0.293 e. The number of hydrogen-bond donors (Lipinski definition) is 1. The SMILES string of the molecule is Cc1cc(S(=O)(=O)Nc2cc(-c3cccnc3)ccc2[N+](=O)[O-])ccc1Br. The van der Waals surface area contributed by atoms with Crippen LogP contribution in [0.15, 0.2) is 70.3 Å². The van der Waals surface area contributed by atoms with Gasteiger partial charge in [0.1, 0.15) is 5.69 Å². The summed E-state index contributed by atoms with van der Waals surface area (Å²) in [6, 6.07) is 12.3. The van der Waals surface area contributed by atoms with E-state index in [0.29, 0.717) is 11.1 Å². The van der Waals surface area contributed by atoms with E-state index in [0.717, 1.165) is 10.0 Å². The van der Waals surface area contributed by atoms with Gasteiger partial charge >= 0.3 is 0 Å². The number of sulfonamides is 1. The van der Waals surface area contributed by atoms with E-state index in [1.807, 2.05) is 0 Å². The molecule has 0 saturated carbocycles. The van der Waals surface area contributed by atoms with Gasteiger partial charge in [0.05, 0.1) is 9.82 Å². The van der Waals surface area contributed by atoms with Crippen LogP contribution in [-0.2, 0) is 10.0 Å². The predicted octanol–water partition coefficient (Wildman–Crippen LogP) is 4.53. The third kappa shape index (κ3) is 4.15. The first-order valence-corrected chi connectivity index (χ1v) is 10.0. The molecule has 9 heteroatoms.